The van der Waals surface area contributed by atoms with Crippen molar-refractivity contribution in [1.29, 1.82) is 0 Å². The fraction of sp³-hybridized carbons (Fsp3) is 0. The van der Waals surface area contributed by atoms with Crippen LogP contribution < -0.4 is 0 Å². The molecule has 28 nitrogen and oxygen atoms in total. The van der Waals surface area contributed by atoms with E-state index in [0.29, 0.717) is 89.4 Å². The molecular weight excluding hydrogens is 1190 g/mol. The molecule has 80 heavy (non-hydrogen) atoms. The minimum Gasteiger partial charge on any atom is -0.412 e. The fourth-order valence-electron chi connectivity index (χ4n) is 7.59. The molecule has 0 saturated heterocycles. The molecule has 422 valence electrons. The van der Waals surface area contributed by atoms with Crippen LogP contribution in [0.25, 0.3) is 90.9 Å². The second-order valence-corrected chi connectivity index (χ2v) is 20.2. The first-order valence-electron chi connectivity index (χ1n) is 18.7. The molecule has 4 aromatic carbocycles. The van der Waals surface area contributed by atoms with E-state index < -0.39 is 40.5 Å². The van der Waals surface area contributed by atoms with E-state index in [0.717, 1.165) is 0 Å². The minimum absolute atomic E-state index is 0. The Morgan fingerprint density at radius 3 is 0.550 bits per heavy atom. The number of rotatable bonds is 8. The van der Waals surface area contributed by atoms with Gasteiger partial charge in [-0.15, -0.1) is 0 Å². The predicted octanol–water partition coefficient (Wildman–Crippen LogP) is -3.11. The zero-order chi connectivity index (χ0) is 45.3. The van der Waals surface area contributed by atoms with Crippen molar-refractivity contribution in [3.63, 3.8) is 0 Å². The first kappa shape index (κ1) is 93.1. The van der Waals surface area contributed by atoms with E-state index >= 15 is 0 Å². The van der Waals surface area contributed by atoms with Crippen molar-refractivity contribution >= 4 is 205 Å². The summed E-state index contributed by atoms with van der Waals surface area (Å²) in [5.74, 6) is 0. The van der Waals surface area contributed by atoms with Crippen LogP contribution in [0.1, 0.15) is 22.8 Å². The number of aromatic amines is 2. The number of benzene rings is 4. The van der Waals surface area contributed by atoms with Gasteiger partial charge in [-0.05, 0) is 119 Å². The van der Waals surface area contributed by atoms with Crippen molar-refractivity contribution in [2.75, 3.05) is 0 Å². The maximum atomic E-state index is 12.0. The van der Waals surface area contributed by atoms with Crippen molar-refractivity contribution in [2.45, 2.75) is 19.6 Å². The average Bonchev–Trinajstić information content (AvgIpc) is 4.08. The predicted molar refractivity (Wildman–Crippen MR) is 306 cm³/mol. The van der Waals surface area contributed by atoms with Crippen molar-refractivity contribution in [2.24, 2.45) is 0 Å². The molecule has 2 aliphatic rings. The third kappa shape index (κ3) is 19.3. The van der Waals surface area contributed by atoms with E-state index in [1.54, 1.807) is 48.6 Å². The number of aromatic nitrogens is 4. The van der Waals surface area contributed by atoms with Crippen LogP contribution in [0.4, 0.5) is 0 Å². The number of H-pyrrole nitrogens is 2. The monoisotopic (exact) mass is 1240 g/mol. The first-order chi connectivity index (χ1) is 30.2. The Morgan fingerprint density at radius 2 is 0.412 bits per heavy atom. The van der Waals surface area contributed by atoms with Gasteiger partial charge in [0.2, 0.25) is 0 Å². The second kappa shape index (κ2) is 35.7. The Hall–Kier alpha value is -3.36. The van der Waals surface area contributed by atoms with Gasteiger partial charge in [-0.2, -0.15) is 33.7 Å². The third-order valence-electron chi connectivity index (χ3n) is 10.5. The van der Waals surface area contributed by atoms with Crippen LogP contribution in [-0.2, 0) is 40.5 Å². The molecule has 0 fully saturated rings. The van der Waals surface area contributed by atoms with Gasteiger partial charge in [-0.25, -0.2) is 9.97 Å². The van der Waals surface area contributed by atoms with E-state index in [9.17, 15) is 51.9 Å². The van der Waals surface area contributed by atoms with Crippen molar-refractivity contribution in [3.8, 4) is 44.5 Å². The Bertz CT molecular complexity index is 3340. The van der Waals surface area contributed by atoms with Gasteiger partial charge in [0, 0.05) is 163 Å². The van der Waals surface area contributed by atoms with Crippen molar-refractivity contribution in [1.82, 2.24) is 19.9 Å². The molecular formula is C44H54N4Na4O24S4. The number of hydrogen-bond donors (Lipinski definition) is 6. The number of fused-ring (bicyclic) bond motifs is 8. The molecule has 0 aliphatic carbocycles. The smallest absolute Gasteiger partial charge is 0.294 e. The standard InChI is InChI=1S/C44H30N4O12S4.4Na.12H2O/c49-61(50,51)29-9-1-25(2-10-29)41-33-17-19-35(45-33)42(26-3-11-30(12-4-26)62(52,53)54)37-21-23-39(47-37)44(28-7-15-32(16-8-28)64(58,59)60)40-24-22-38(48-40)43(36-20-18-34(41)46-36)27-5-13-31(14-6-27)63(55,56)57;;;;;;;;;;;;;;;;/h1-24,45,48H,(H,49,50,51)(H,52,53,54)(H,55,56,57)(H,58,59,60);;;;;12*1H2. The summed E-state index contributed by atoms with van der Waals surface area (Å²) < 4.78 is 135. The summed E-state index contributed by atoms with van der Waals surface area (Å²) in [5.41, 5.74) is 7.41. The number of nitrogens with zero attached hydrogens (tertiary/aromatic N) is 2. The molecule has 0 unspecified atom stereocenters. The Balaban J connectivity index is -0.000000540. The normalized spacial score (nSPS) is 10.4. The quantitative estimate of drug-likeness (QED) is 0.0649. The summed E-state index contributed by atoms with van der Waals surface area (Å²) in [6, 6.07) is 29.0. The summed E-state index contributed by atoms with van der Waals surface area (Å²) in [5, 5.41) is 0. The Morgan fingerprint density at radius 1 is 0.263 bits per heavy atom. The van der Waals surface area contributed by atoms with Crippen LogP contribution in [0.5, 0.6) is 0 Å². The van der Waals surface area contributed by atoms with Gasteiger partial charge in [0.1, 0.15) is 0 Å². The topological polar surface area (TPSA) is 653 Å². The van der Waals surface area contributed by atoms with E-state index in [2.05, 4.69) is 9.97 Å². The fourth-order valence-corrected chi connectivity index (χ4v) is 9.51. The van der Waals surface area contributed by atoms with Crippen LogP contribution in [-0.4, -0.2) is 256 Å². The van der Waals surface area contributed by atoms with Gasteiger partial charge < -0.3 is 75.7 Å². The van der Waals surface area contributed by atoms with Gasteiger partial charge in [-0.1, -0.05) is 48.5 Å². The summed E-state index contributed by atoms with van der Waals surface area (Å²) in [4.78, 5) is 15.6. The molecule has 4 radical (unpaired) electrons. The van der Waals surface area contributed by atoms with Crippen LogP contribution in [0.15, 0.2) is 141 Å². The average molecular weight is 1240 g/mol. The molecule has 36 heteroatoms. The van der Waals surface area contributed by atoms with Gasteiger partial charge in [0.05, 0.1) is 42.4 Å². The van der Waals surface area contributed by atoms with Gasteiger partial charge >= 0.3 is 0 Å². The second-order valence-electron chi connectivity index (χ2n) is 14.5. The Kier molecular flexibility index (Phi) is 41.5. The molecule has 0 amide bonds. The van der Waals surface area contributed by atoms with Crippen LogP contribution in [0, 0.1) is 0 Å². The molecule has 7 aromatic rings. The number of hydrogen-bond acceptors (Lipinski definition) is 10. The zero-order valence-electron chi connectivity index (χ0n) is 42.4. The minimum atomic E-state index is -4.55. The van der Waals surface area contributed by atoms with E-state index in [1.807, 2.05) is 0 Å². The maximum absolute atomic E-state index is 12.0. The third-order valence-corrected chi connectivity index (χ3v) is 14.0. The summed E-state index contributed by atoms with van der Waals surface area (Å²) in [6.07, 6.45) is 6.92. The molecule has 9 rings (SSSR count). The molecule has 0 saturated carbocycles. The van der Waals surface area contributed by atoms with Gasteiger partial charge in [0.15, 0.2) is 0 Å². The van der Waals surface area contributed by atoms with Crippen molar-refractivity contribution < 1.29 is 118 Å². The van der Waals surface area contributed by atoms with Crippen LogP contribution >= 0.6 is 0 Å². The summed E-state index contributed by atoms with van der Waals surface area (Å²) in [7, 11) is -18.2. The van der Waals surface area contributed by atoms with Gasteiger partial charge in [-0.3, -0.25) is 18.2 Å². The molecule has 3 aromatic heterocycles. The molecule has 8 bridgehead atoms. The SMILES string of the molecule is O.O.O.O.O.O.O.O.O.O.O.O.O=S(=O)(O)c1ccc(-c2c3nc(c(-c4ccc(S(=O)(=O)O)cc4)c4ccc([nH]4)c(-c4ccc(S(=O)(=O)O)cc4)c4nc(c(-c5ccc(S(=O)(=O)O)cc5)c5ccc2[nH]5)C=C4)C=C3)cc1.[Na].[Na].[Na].[Na]. The first-order valence-corrected chi connectivity index (χ1v) is 24.5. The van der Waals surface area contributed by atoms with Crippen LogP contribution in [0.3, 0.4) is 0 Å². The molecule has 0 atom stereocenters. The Labute approximate surface area is 544 Å². The zero-order valence-corrected chi connectivity index (χ0v) is 53.7. The molecule has 0 spiro atoms. The number of nitrogens with one attached hydrogen (secondary N) is 2. The summed E-state index contributed by atoms with van der Waals surface area (Å²) in [6.45, 7) is 0. The van der Waals surface area contributed by atoms with E-state index in [-0.39, 0.29) is 204 Å². The van der Waals surface area contributed by atoms with E-state index in [1.165, 1.54) is 97.1 Å². The largest absolute Gasteiger partial charge is 0.412 e. The molecule has 30 N–H and O–H groups in total. The molecule has 5 heterocycles. The van der Waals surface area contributed by atoms with Crippen molar-refractivity contribution in [3.05, 3.63) is 144 Å². The van der Waals surface area contributed by atoms with Crippen LogP contribution in [0.2, 0.25) is 0 Å². The maximum Gasteiger partial charge on any atom is 0.294 e. The summed E-state index contributed by atoms with van der Waals surface area (Å²) >= 11 is 0. The molecule has 2 aliphatic heterocycles. The van der Waals surface area contributed by atoms with E-state index in [4.69, 9.17) is 9.97 Å². The van der Waals surface area contributed by atoms with Gasteiger partial charge in [0.25, 0.3) is 40.5 Å².